The van der Waals surface area contributed by atoms with Crippen LogP contribution in [0.5, 0.6) is 11.5 Å². The van der Waals surface area contributed by atoms with Gasteiger partial charge in [0.1, 0.15) is 5.69 Å². The largest absolute Gasteiger partial charge is 0.454 e. The molecule has 3 N–H and O–H groups in total. The van der Waals surface area contributed by atoms with Gasteiger partial charge in [0.05, 0.1) is 5.39 Å². The molecule has 3 aromatic rings. The van der Waals surface area contributed by atoms with E-state index < -0.39 is 0 Å². The van der Waals surface area contributed by atoms with Crippen molar-refractivity contribution in [3.05, 3.63) is 24.4 Å². The fourth-order valence-electron chi connectivity index (χ4n) is 4.08. The highest BCUT2D eigenvalue weighted by Crippen LogP contribution is 2.37. The molecule has 1 aliphatic heterocycles. The third kappa shape index (κ3) is 3.03. The summed E-state index contributed by atoms with van der Waals surface area (Å²) in [5, 5.41) is 8.89. The lowest BCUT2D eigenvalue weighted by atomic mass is 9.86. The Morgan fingerprint density at radius 1 is 1.18 bits per heavy atom. The summed E-state index contributed by atoms with van der Waals surface area (Å²) in [6.45, 7) is 1.10. The second-order valence-corrected chi connectivity index (χ2v) is 7.56. The Morgan fingerprint density at radius 3 is 2.82 bits per heavy atom. The fraction of sp³-hybridized carbons (Fsp3) is 0.450. The van der Waals surface area contributed by atoms with Crippen LogP contribution in [0.4, 0.5) is 5.95 Å². The summed E-state index contributed by atoms with van der Waals surface area (Å²) in [6, 6.07) is 6.24. The summed E-state index contributed by atoms with van der Waals surface area (Å²) in [4.78, 5) is 9.10. The van der Waals surface area contributed by atoms with Crippen LogP contribution in [0.1, 0.15) is 25.7 Å². The number of nitrogens with two attached hydrogens (primary N) is 1. The van der Waals surface area contributed by atoms with Crippen molar-refractivity contribution in [2.75, 3.05) is 19.2 Å². The van der Waals surface area contributed by atoms with E-state index in [9.17, 15) is 0 Å². The van der Waals surface area contributed by atoms with Crippen LogP contribution in [-0.2, 0) is 6.54 Å². The number of fused-ring (bicyclic) bond motifs is 2. The van der Waals surface area contributed by atoms with Gasteiger partial charge in [-0.3, -0.25) is 0 Å². The average Bonchev–Trinajstić information content (AvgIpc) is 3.33. The smallest absolute Gasteiger partial charge is 0.231 e. The minimum Gasteiger partial charge on any atom is -0.454 e. The lowest BCUT2D eigenvalue weighted by Gasteiger charge is -2.25. The van der Waals surface area contributed by atoms with Gasteiger partial charge in [0.25, 0.3) is 0 Å². The molecular weight excluding hydrogens is 356 g/mol. The number of aromatic nitrogens is 4. The zero-order valence-electron chi connectivity index (χ0n) is 15.9. The van der Waals surface area contributed by atoms with Gasteiger partial charge in [0.2, 0.25) is 12.7 Å². The van der Waals surface area contributed by atoms with Crippen molar-refractivity contribution in [2.45, 2.75) is 38.3 Å². The normalized spacial score (nSPS) is 21.2. The topological polar surface area (TPSA) is 100 Å². The number of benzene rings is 1. The maximum Gasteiger partial charge on any atom is 0.231 e. The third-order valence-corrected chi connectivity index (χ3v) is 5.68. The minimum atomic E-state index is 0.256. The molecule has 0 bridgehead atoms. The van der Waals surface area contributed by atoms with Crippen molar-refractivity contribution >= 4 is 17.0 Å². The monoisotopic (exact) mass is 380 g/mol. The van der Waals surface area contributed by atoms with Crippen LogP contribution in [0.25, 0.3) is 22.3 Å². The van der Waals surface area contributed by atoms with Gasteiger partial charge in [-0.05, 0) is 49.8 Å². The first kappa shape index (κ1) is 17.2. The van der Waals surface area contributed by atoms with Crippen LogP contribution in [0.15, 0.2) is 24.4 Å². The quantitative estimate of drug-likeness (QED) is 0.718. The predicted molar refractivity (Wildman–Crippen MR) is 106 cm³/mol. The Bertz CT molecular complexity index is 1010. The number of rotatable bonds is 4. The first-order valence-electron chi connectivity index (χ1n) is 9.78. The molecule has 1 aromatic carbocycles. The Hall–Kier alpha value is -2.87. The highest BCUT2D eigenvalue weighted by Gasteiger charge is 2.23. The lowest BCUT2D eigenvalue weighted by Crippen LogP contribution is -2.28. The van der Waals surface area contributed by atoms with Crippen LogP contribution < -0.4 is 20.5 Å². The van der Waals surface area contributed by atoms with Gasteiger partial charge >= 0.3 is 0 Å². The van der Waals surface area contributed by atoms with E-state index in [1.165, 1.54) is 0 Å². The van der Waals surface area contributed by atoms with Crippen molar-refractivity contribution in [2.24, 2.45) is 11.7 Å². The first-order chi connectivity index (χ1) is 13.7. The van der Waals surface area contributed by atoms with E-state index in [0.29, 0.717) is 17.9 Å². The van der Waals surface area contributed by atoms with Crippen molar-refractivity contribution in [3.8, 4) is 22.8 Å². The molecule has 5 rings (SSSR count). The molecule has 3 heterocycles. The molecule has 2 aliphatic rings. The molecule has 0 amide bonds. The molecule has 1 aliphatic carbocycles. The second-order valence-electron chi connectivity index (χ2n) is 7.56. The summed E-state index contributed by atoms with van der Waals surface area (Å²) in [7, 11) is 1.82. The van der Waals surface area contributed by atoms with Gasteiger partial charge in [-0.15, -0.1) is 0 Å². The minimum absolute atomic E-state index is 0.256. The summed E-state index contributed by atoms with van der Waals surface area (Å²) in [5.74, 6) is 2.67. The van der Waals surface area contributed by atoms with E-state index in [2.05, 4.69) is 10.3 Å². The molecule has 0 radical (unpaired) electrons. The summed E-state index contributed by atoms with van der Waals surface area (Å²) in [6.07, 6.45) is 6.26. The number of nitrogens with zero attached hydrogens (tertiary/aromatic N) is 4. The molecule has 8 heteroatoms. The molecule has 1 saturated carbocycles. The highest BCUT2D eigenvalue weighted by molar-refractivity contribution is 5.91. The van der Waals surface area contributed by atoms with Crippen LogP contribution in [0, 0.1) is 5.92 Å². The van der Waals surface area contributed by atoms with Crippen LogP contribution in [0.2, 0.25) is 0 Å². The number of anilines is 1. The van der Waals surface area contributed by atoms with E-state index in [1.807, 2.05) is 36.1 Å². The van der Waals surface area contributed by atoms with E-state index >= 15 is 0 Å². The van der Waals surface area contributed by atoms with Crippen molar-refractivity contribution in [1.29, 1.82) is 0 Å². The van der Waals surface area contributed by atoms with Crippen LogP contribution in [-0.4, -0.2) is 39.6 Å². The maximum absolute atomic E-state index is 6.07. The van der Waals surface area contributed by atoms with Crippen molar-refractivity contribution < 1.29 is 9.47 Å². The molecule has 2 aromatic heterocycles. The first-order valence-corrected chi connectivity index (χ1v) is 9.78. The average molecular weight is 380 g/mol. The van der Waals surface area contributed by atoms with Crippen LogP contribution in [0.3, 0.4) is 0 Å². The maximum atomic E-state index is 6.07. The van der Waals surface area contributed by atoms with E-state index in [0.717, 1.165) is 66.0 Å². The van der Waals surface area contributed by atoms with E-state index in [4.69, 9.17) is 25.3 Å². The molecule has 1 fully saturated rings. The number of nitrogens with one attached hydrogen (secondary N) is 1. The Balaban J connectivity index is 1.56. The molecule has 0 saturated heterocycles. The Labute approximate surface area is 163 Å². The summed E-state index contributed by atoms with van der Waals surface area (Å²) >= 11 is 0. The number of ether oxygens (including phenoxy) is 2. The molecule has 146 valence electrons. The van der Waals surface area contributed by atoms with Gasteiger partial charge in [-0.2, -0.15) is 10.1 Å². The van der Waals surface area contributed by atoms with Gasteiger partial charge < -0.3 is 20.5 Å². The standard InChI is InChI=1S/C20H24N6O2/c1-22-20-23-9-15-18(13-4-7-16-17(8-13)28-11-27-16)25-26(19(15)24-20)10-12-2-5-14(21)6-3-12/h4,7-9,12,14H,2-3,5-6,10-11,21H2,1H3,(H,22,23,24). The molecule has 0 spiro atoms. The van der Waals surface area contributed by atoms with Gasteiger partial charge in [0, 0.05) is 31.4 Å². The zero-order chi connectivity index (χ0) is 19.1. The highest BCUT2D eigenvalue weighted by atomic mass is 16.7. The van der Waals surface area contributed by atoms with Crippen molar-refractivity contribution in [3.63, 3.8) is 0 Å². The molecule has 28 heavy (non-hydrogen) atoms. The molecular formula is C20H24N6O2. The number of hydrogen-bond acceptors (Lipinski definition) is 7. The molecule has 0 unspecified atom stereocenters. The van der Waals surface area contributed by atoms with E-state index in [-0.39, 0.29) is 6.79 Å². The summed E-state index contributed by atoms with van der Waals surface area (Å²) in [5.41, 5.74) is 8.76. The lowest BCUT2D eigenvalue weighted by molar-refractivity contribution is 0.174. The van der Waals surface area contributed by atoms with Crippen molar-refractivity contribution in [1.82, 2.24) is 19.7 Å². The van der Waals surface area contributed by atoms with E-state index in [1.54, 1.807) is 0 Å². The Morgan fingerprint density at radius 2 is 2.00 bits per heavy atom. The number of hydrogen-bond donors (Lipinski definition) is 2. The van der Waals surface area contributed by atoms with Gasteiger partial charge in [0.15, 0.2) is 17.1 Å². The molecule has 0 atom stereocenters. The van der Waals surface area contributed by atoms with Crippen LogP contribution >= 0.6 is 0 Å². The van der Waals surface area contributed by atoms with Gasteiger partial charge in [-0.25, -0.2) is 9.67 Å². The SMILES string of the molecule is CNc1ncc2c(-c3ccc4c(c3)OCO4)nn(CC3CCC(N)CC3)c2n1. The predicted octanol–water partition coefficient (Wildman–Crippen LogP) is 2.78. The summed E-state index contributed by atoms with van der Waals surface area (Å²) < 4.78 is 13.0. The second kappa shape index (κ2) is 6.94. The zero-order valence-corrected chi connectivity index (χ0v) is 15.9. The third-order valence-electron chi connectivity index (χ3n) is 5.68. The van der Waals surface area contributed by atoms with Gasteiger partial charge in [-0.1, -0.05) is 0 Å². The molecule has 8 nitrogen and oxygen atoms in total. The Kier molecular flexibility index (Phi) is 4.27. The fourth-order valence-corrected chi connectivity index (χ4v) is 4.08.